The van der Waals surface area contributed by atoms with Gasteiger partial charge in [0.15, 0.2) is 11.5 Å². The Bertz CT molecular complexity index is 1710. The number of para-hydroxylation sites is 1. The van der Waals surface area contributed by atoms with Crippen LogP contribution in [0.4, 0.5) is 21.4 Å². The molecule has 47 heavy (non-hydrogen) atoms. The van der Waals surface area contributed by atoms with Gasteiger partial charge in [-0.05, 0) is 65.7 Å². The normalized spacial score (nSPS) is 11.5. The van der Waals surface area contributed by atoms with Gasteiger partial charge in [-0.2, -0.15) is 4.98 Å². The highest BCUT2D eigenvalue weighted by atomic mass is 16.6. The Morgan fingerprint density at radius 1 is 0.830 bits per heavy atom. The van der Waals surface area contributed by atoms with E-state index in [2.05, 4.69) is 48.4 Å². The number of carbonyl (C=O) groups is 2. The Hall–Kier alpha value is -5.27. The second-order valence-electron chi connectivity index (χ2n) is 12.6. The molecule has 0 aliphatic carbocycles. The number of nitrogens with zero attached hydrogens (tertiary/aromatic N) is 3. The van der Waals surface area contributed by atoms with Gasteiger partial charge in [0.1, 0.15) is 17.0 Å². The number of ether oxygens (including phenoxy) is 4. The van der Waals surface area contributed by atoms with Gasteiger partial charge < -0.3 is 34.6 Å². The van der Waals surface area contributed by atoms with Crippen molar-refractivity contribution < 1.29 is 28.5 Å². The molecule has 0 spiro atoms. The molecular weight excluding hydrogens is 604 g/mol. The molecule has 0 saturated heterocycles. The van der Waals surface area contributed by atoms with Crippen molar-refractivity contribution in [3.63, 3.8) is 0 Å². The molecule has 14 heteroatoms. The van der Waals surface area contributed by atoms with Crippen molar-refractivity contribution in [2.45, 2.75) is 59.2 Å². The molecule has 0 radical (unpaired) electrons. The summed E-state index contributed by atoms with van der Waals surface area (Å²) in [5, 5.41) is 13.5. The summed E-state index contributed by atoms with van der Waals surface area (Å²) < 4.78 is 21.6. The fourth-order valence-electron chi connectivity index (χ4n) is 4.57. The molecule has 0 atom stereocenters. The number of hydrogen-bond donors (Lipinski definition) is 5. The van der Waals surface area contributed by atoms with Gasteiger partial charge in [-0.15, -0.1) is 0 Å². The highest BCUT2D eigenvalue weighted by molar-refractivity contribution is 6.01. The fraction of sp³-hybridized carbons (Fsp3) is 0.424. The van der Waals surface area contributed by atoms with Gasteiger partial charge in [-0.1, -0.05) is 18.2 Å². The number of carbonyl (C=O) groups excluding carboxylic acids is 2. The first-order chi connectivity index (χ1) is 22.2. The van der Waals surface area contributed by atoms with Gasteiger partial charge in [-0.3, -0.25) is 15.6 Å². The number of aromatic nitrogens is 3. The van der Waals surface area contributed by atoms with Crippen molar-refractivity contribution in [3.8, 4) is 11.5 Å². The number of aromatic amines is 1. The Balaban J connectivity index is 1.51. The lowest BCUT2D eigenvalue weighted by atomic mass is 10.1. The number of H-pyrrole nitrogens is 1. The molecular formula is C33H44N8O6. The lowest BCUT2D eigenvalue weighted by Gasteiger charge is -2.22. The molecule has 14 nitrogen and oxygen atoms in total. The zero-order valence-electron chi connectivity index (χ0n) is 28.2. The summed E-state index contributed by atoms with van der Waals surface area (Å²) in [6, 6.07) is 11.8. The number of nitrogens with one attached hydrogen (secondary N) is 5. The van der Waals surface area contributed by atoms with Crippen molar-refractivity contribution in [3.05, 3.63) is 48.2 Å². The highest BCUT2D eigenvalue weighted by Gasteiger charge is 2.21. The largest absolute Gasteiger partial charge is 0.493 e. The van der Waals surface area contributed by atoms with Crippen LogP contribution in [0.5, 0.6) is 11.5 Å². The van der Waals surface area contributed by atoms with E-state index < -0.39 is 23.4 Å². The highest BCUT2D eigenvalue weighted by Crippen LogP contribution is 2.34. The summed E-state index contributed by atoms with van der Waals surface area (Å²) >= 11 is 0. The molecule has 2 aromatic carbocycles. The Morgan fingerprint density at radius 3 is 2.11 bits per heavy atom. The van der Waals surface area contributed by atoms with Crippen LogP contribution in [-0.2, 0) is 15.9 Å². The standard InChI is InChI=1S/C33H44N8O6/c1-32(2,3)46-30(42)40-29(41-31(43)47-33(4,5)6)36-16-15-35-28-38-24-18-26(45-8)25(44-7)17-22(24)27(39-28)34-14-13-20-19-37-23-12-10-9-11-21(20)23/h9-12,17-19,37H,13-16H2,1-8H3,(H2,34,35,38,39)(H2,36,40,41,42,43). The van der Waals surface area contributed by atoms with E-state index in [0.29, 0.717) is 35.3 Å². The van der Waals surface area contributed by atoms with Crippen molar-refractivity contribution >= 4 is 51.7 Å². The monoisotopic (exact) mass is 648 g/mol. The minimum atomic E-state index is -0.772. The van der Waals surface area contributed by atoms with Crippen molar-refractivity contribution in [2.75, 3.05) is 44.5 Å². The summed E-state index contributed by atoms with van der Waals surface area (Å²) in [7, 11) is 3.14. The lowest BCUT2D eigenvalue weighted by Crippen LogP contribution is -2.47. The van der Waals surface area contributed by atoms with Crippen LogP contribution in [0.2, 0.25) is 0 Å². The van der Waals surface area contributed by atoms with Crippen LogP contribution in [0.25, 0.3) is 21.8 Å². The summed E-state index contributed by atoms with van der Waals surface area (Å²) in [4.78, 5) is 41.9. The number of hydrogen-bond acceptors (Lipinski definition) is 11. The number of amides is 2. The molecule has 2 heterocycles. The maximum atomic E-state index is 12.4. The number of anilines is 2. The van der Waals surface area contributed by atoms with Crippen LogP contribution in [0.15, 0.2) is 47.6 Å². The molecule has 2 amide bonds. The maximum Gasteiger partial charge on any atom is 0.414 e. The van der Waals surface area contributed by atoms with E-state index in [9.17, 15) is 9.59 Å². The van der Waals surface area contributed by atoms with Gasteiger partial charge in [0.2, 0.25) is 11.9 Å². The van der Waals surface area contributed by atoms with E-state index in [1.54, 1.807) is 61.8 Å². The smallest absolute Gasteiger partial charge is 0.414 e. The third kappa shape index (κ3) is 10.1. The molecule has 0 aliphatic heterocycles. The topological polar surface area (TPSA) is 173 Å². The Labute approximate surface area is 274 Å². The van der Waals surface area contributed by atoms with Gasteiger partial charge in [-0.25, -0.2) is 14.6 Å². The van der Waals surface area contributed by atoms with Gasteiger partial charge >= 0.3 is 12.2 Å². The Kier molecular flexibility index (Phi) is 11.0. The van der Waals surface area contributed by atoms with Gasteiger partial charge in [0, 0.05) is 41.6 Å². The van der Waals surface area contributed by atoms with Crippen molar-refractivity contribution in [1.29, 1.82) is 0 Å². The van der Waals surface area contributed by atoms with Crippen molar-refractivity contribution in [2.24, 2.45) is 4.99 Å². The summed E-state index contributed by atoms with van der Waals surface area (Å²) in [5.41, 5.74) is 1.43. The van der Waals surface area contributed by atoms with E-state index in [1.807, 2.05) is 24.4 Å². The van der Waals surface area contributed by atoms with Crippen LogP contribution >= 0.6 is 0 Å². The van der Waals surface area contributed by atoms with E-state index >= 15 is 0 Å². The minimum absolute atomic E-state index is 0.119. The van der Waals surface area contributed by atoms with Crippen LogP contribution < -0.4 is 30.7 Å². The number of guanidine groups is 1. The second-order valence-corrected chi connectivity index (χ2v) is 12.6. The van der Waals surface area contributed by atoms with Gasteiger partial charge in [0.05, 0.1) is 26.3 Å². The molecule has 4 aromatic rings. The molecule has 2 aromatic heterocycles. The first kappa shape index (κ1) is 34.6. The number of alkyl carbamates (subject to hydrolysis) is 2. The summed E-state index contributed by atoms with van der Waals surface area (Å²) in [6.07, 6.45) is 1.24. The quantitative estimate of drug-likeness (QED) is 0.0828. The molecule has 5 N–H and O–H groups in total. The number of aliphatic imine (C=N–C) groups is 1. The first-order valence-corrected chi connectivity index (χ1v) is 15.3. The molecule has 4 rings (SSSR count). The third-order valence-electron chi connectivity index (χ3n) is 6.47. The molecule has 0 aliphatic rings. The first-order valence-electron chi connectivity index (χ1n) is 15.3. The van der Waals surface area contributed by atoms with E-state index in [-0.39, 0.29) is 19.0 Å². The van der Waals surface area contributed by atoms with Crippen LogP contribution in [0.1, 0.15) is 47.1 Å². The van der Waals surface area contributed by atoms with Crippen molar-refractivity contribution in [1.82, 2.24) is 25.6 Å². The minimum Gasteiger partial charge on any atom is -0.493 e. The maximum absolute atomic E-state index is 12.4. The lowest BCUT2D eigenvalue weighted by molar-refractivity contribution is 0.0545. The van der Waals surface area contributed by atoms with Crippen LogP contribution in [-0.4, -0.2) is 78.2 Å². The molecule has 0 fully saturated rings. The second kappa shape index (κ2) is 14.9. The SMILES string of the molecule is COc1cc2nc(NCCN=C(NC(=O)OC(C)(C)C)NC(=O)OC(C)(C)C)nc(NCCc3c[nH]c4ccccc34)c2cc1OC. The zero-order chi connectivity index (χ0) is 34.2. The number of rotatable bonds is 10. The number of benzene rings is 2. The van der Waals surface area contributed by atoms with E-state index in [1.165, 1.54) is 10.9 Å². The Morgan fingerprint density at radius 2 is 1.47 bits per heavy atom. The average Bonchev–Trinajstić information content (AvgIpc) is 3.39. The summed E-state index contributed by atoms with van der Waals surface area (Å²) in [5.74, 6) is 1.93. The molecule has 0 bridgehead atoms. The zero-order valence-corrected chi connectivity index (χ0v) is 28.2. The predicted octanol–water partition coefficient (Wildman–Crippen LogP) is 5.60. The summed E-state index contributed by atoms with van der Waals surface area (Å²) in [6.45, 7) is 11.4. The predicted molar refractivity (Wildman–Crippen MR) is 183 cm³/mol. The fourth-order valence-corrected chi connectivity index (χ4v) is 4.57. The molecule has 252 valence electrons. The van der Waals surface area contributed by atoms with E-state index in [4.69, 9.17) is 23.9 Å². The third-order valence-corrected chi connectivity index (χ3v) is 6.47. The van der Waals surface area contributed by atoms with E-state index in [0.717, 1.165) is 17.3 Å². The number of methoxy groups -OCH3 is 2. The van der Waals surface area contributed by atoms with Crippen LogP contribution in [0.3, 0.4) is 0 Å². The molecule has 0 unspecified atom stereocenters. The molecule has 0 saturated carbocycles. The average molecular weight is 649 g/mol. The number of fused-ring (bicyclic) bond motifs is 2. The van der Waals surface area contributed by atoms with Gasteiger partial charge in [0.25, 0.3) is 0 Å². The van der Waals surface area contributed by atoms with Crippen LogP contribution in [0, 0.1) is 0 Å².